The number of aromatic amines is 2. The molecule has 0 radical (unpaired) electrons. The number of hydrogen-bond donors (Lipinski definition) is 4. The lowest BCUT2D eigenvalue weighted by Gasteiger charge is -2.32. The van der Waals surface area contributed by atoms with Crippen molar-refractivity contribution in [3.05, 3.63) is 95.7 Å². The van der Waals surface area contributed by atoms with Gasteiger partial charge in [-0.05, 0) is 125 Å². The highest BCUT2D eigenvalue weighted by molar-refractivity contribution is 6.05. The van der Waals surface area contributed by atoms with Crippen LogP contribution in [0.4, 0.5) is 9.59 Å². The van der Waals surface area contributed by atoms with Gasteiger partial charge in [-0.2, -0.15) is 0 Å². The maximum atomic E-state index is 13.9. The van der Waals surface area contributed by atoms with Gasteiger partial charge in [0, 0.05) is 18.7 Å². The third-order valence-corrected chi connectivity index (χ3v) is 15.0. The van der Waals surface area contributed by atoms with Crippen LogP contribution in [0, 0.1) is 17.8 Å². The first-order valence-electron chi connectivity index (χ1n) is 24.0. The van der Waals surface area contributed by atoms with Gasteiger partial charge in [-0.25, -0.2) is 19.6 Å². The number of fused-ring (bicyclic) bond motifs is 5. The van der Waals surface area contributed by atoms with Gasteiger partial charge in [-0.3, -0.25) is 9.59 Å². The van der Waals surface area contributed by atoms with E-state index in [1.807, 2.05) is 43.7 Å². The van der Waals surface area contributed by atoms with Crippen LogP contribution in [0.25, 0.3) is 55.3 Å². The number of carbonyl (C=O) groups excluding carboxylic acids is 4. The Morgan fingerprint density at radius 1 is 0.687 bits per heavy atom. The number of benzene rings is 4. The number of imidazole rings is 2. The van der Waals surface area contributed by atoms with Crippen molar-refractivity contribution >= 4 is 45.8 Å². The topological polar surface area (TPSA) is 175 Å². The molecule has 3 fully saturated rings. The van der Waals surface area contributed by atoms with Crippen molar-refractivity contribution in [3.63, 3.8) is 0 Å². The number of nitrogens with one attached hydrogen (secondary N) is 4. The van der Waals surface area contributed by atoms with E-state index in [9.17, 15) is 19.2 Å². The fourth-order valence-corrected chi connectivity index (χ4v) is 11.4. The molecular weight excluding hydrogens is 845 g/mol. The summed E-state index contributed by atoms with van der Waals surface area (Å²) < 4.78 is 9.66. The number of H-pyrrole nitrogens is 2. The van der Waals surface area contributed by atoms with Crippen LogP contribution in [0.5, 0.6) is 0 Å². The van der Waals surface area contributed by atoms with E-state index in [1.165, 1.54) is 60.3 Å². The Morgan fingerprint density at radius 2 is 1.28 bits per heavy atom. The van der Waals surface area contributed by atoms with E-state index in [-0.39, 0.29) is 35.7 Å². The largest absolute Gasteiger partial charge is 0.453 e. The molecule has 6 atom stereocenters. The predicted octanol–water partition coefficient (Wildman–Crippen LogP) is 9.58. The average Bonchev–Trinajstić information content (AvgIpc) is 4.18. The Bertz CT molecular complexity index is 2900. The summed E-state index contributed by atoms with van der Waals surface area (Å²) in [7, 11) is 2.61. The molecule has 3 unspecified atom stereocenters. The van der Waals surface area contributed by atoms with E-state index >= 15 is 0 Å². The number of rotatable bonds is 11. The summed E-state index contributed by atoms with van der Waals surface area (Å²) >= 11 is 0. The zero-order valence-electron chi connectivity index (χ0n) is 39.1. The van der Waals surface area contributed by atoms with E-state index < -0.39 is 24.3 Å². The first kappa shape index (κ1) is 44.2. The quantitative estimate of drug-likeness (QED) is 0.0995. The lowest BCUT2D eigenvalue weighted by Crippen LogP contribution is -2.51. The van der Waals surface area contributed by atoms with Crippen LogP contribution in [0.1, 0.15) is 107 Å². The van der Waals surface area contributed by atoms with Crippen molar-refractivity contribution in [2.45, 2.75) is 103 Å². The molecular formula is C53H60N8O6. The molecule has 0 spiro atoms. The number of nitrogens with zero attached hydrogens (tertiary/aromatic N) is 4. The highest BCUT2D eigenvalue weighted by Gasteiger charge is 2.43. The molecule has 2 aromatic heterocycles. The number of methoxy groups -OCH3 is 2. The molecule has 0 bridgehead atoms. The monoisotopic (exact) mass is 904 g/mol. The summed E-state index contributed by atoms with van der Waals surface area (Å²) in [6.45, 7) is 8.88. The van der Waals surface area contributed by atoms with Gasteiger partial charge in [0.25, 0.3) is 0 Å². The summed E-state index contributed by atoms with van der Waals surface area (Å²) in [6.07, 6.45) is 7.38. The van der Waals surface area contributed by atoms with Gasteiger partial charge >= 0.3 is 12.2 Å². The van der Waals surface area contributed by atoms with Crippen molar-refractivity contribution in [1.29, 1.82) is 0 Å². The van der Waals surface area contributed by atoms with Gasteiger partial charge in [0.05, 0.1) is 49.2 Å². The lowest BCUT2D eigenvalue weighted by molar-refractivity contribution is -0.136. The zero-order valence-corrected chi connectivity index (χ0v) is 39.1. The minimum absolute atomic E-state index is 0.110. The van der Waals surface area contributed by atoms with Crippen LogP contribution >= 0.6 is 0 Å². The van der Waals surface area contributed by atoms with Crippen LogP contribution in [-0.2, 0) is 25.5 Å². The molecule has 4 N–H and O–H groups in total. The first-order valence-corrected chi connectivity index (χ1v) is 24.0. The number of amides is 4. The SMILES string of the molecule is COC(=O)NC(C(=O)N1CCC[C@H]1c1ncc(-c2ccc(-c3ccc(-c4ccc5nc([C@@H]6CCCN6C(=O)[C@@H](NC(=O)OC)C(C)C)[nH]c5c4)c4c3C3CCC3C4)c3ccccc23)[nH]1)C(C)C. The molecule has 4 aromatic carbocycles. The number of hydrogen-bond acceptors (Lipinski definition) is 8. The van der Waals surface area contributed by atoms with E-state index in [0.29, 0.717) is 24.9 Å². The number of carbonyl (C=O) groups is 4. The molecule has 6 aromatic rings. The minimum atomic E-state index is -0.699. The van der Waals surface area contributed by atoms with Gasteiger partial charge in [0.15, 0.2) is 0 Å². The molecule has 4 amide bonds. The van der Waals surface area contributed by atoms with E-state index in [4.69, 9.17) is 19.4 Å². The molecule has 4 aliphatic rings. The van der Waals surface area contributed by atoms with Crippen molar-refractivity contribution in [3.8, 4) is 33.5 Å². The minimum Gasteiger partial charge on any atom is -0.453 e. The third kappa shape index (κ3) is 7.87. The lowest BCUT2D eigenvalue weighted by atomic mass is 9.73. The molecule has 10 rings (SSSR count). The van der Waals surface area contributed by atoms with Gasteiger partial charge in [-0.15, -0.1) is 0 Å². The van der Waals surface area contributed by atoms with E-state index in [1.54, 1.807) is 0 Å². The van der Waals surface area contributed by atoms with E-state index in [0.717, 1.165) is 77.0 Å². The normalized spacial score (nSPS) is 20.8. The molecule has 2 aliphatic heterocycles. The van der Waals surface area contributed by atoms with Gasteiger partial charge in [0.2, 0.25) is 11.8 Å². The summed E-state index contributed by atoms with van der Waals surface area (Å²) in [6, 6.07) is 22.4. The molecule has 2 saturated heterocycles. The summed E-state index contributed by atoms with van der Waals surface area (Å²) in [5.74, 6) is 2.18. The van der Waals surface area contributed by atoms with Crippen molar-refractivity contribution in [2.75, 3.05) is 27.3 Å². The second-order valence-electron chi connectivity index (χ2n) is 19.5. The first-order chi connectivity index (χ1) is 32.4. The second kappa shape index (κ2) is 17.8. The van der Waals surface area contributed by atoms with Gasteiger partial charge < -0.3 is 39.9 Å². The smallest absolute Gasteiger partial charge is 0.407 e. The van der Waals surface area contributed by atoms with Crippen LogP contribution < -0.4 is 10.6 Å². The maximum absolute atomic E-state index is 13.9. The molecule has 14 nitrogen and oxygen atoms in total. The average molecular weight is 905 g/mol. The molecule has 1 saturated carbocycles. The van der Waals surface area contributed by atoms with Gasteiger partial charge in [0.1, 0.15) is 23.7 Å². The molecule has 4 heterocycles. The standard InChI is InChI=1S/C53H60N8O6/c1-28(2)46(58-52(64)66-5)50(62)60-23-9-13-43(60)48-54-27-42(57-48)37-20-19-36(34-11-7-8-12-35(34)37)38-21-18-32(39-25-30-15-17-33(30)45(38)39)31-16-22-40-41(26-31)56-49(55-40)44-14-10-24-61(44)51(63)47(29(3)4)59-53(65)67-6/h7-8,11-12,16,18-22,26-30,33,43-44,46-47H,9-10,13-15,17,23-25H2,1-6H3,(H,54,57)(H,55,56)(H,58,64)(H,59,65)/t30?,33?,43-,44-,46?,47-/m0/s1. The summed E-state index contributed by atoms with van der Waals surface area (Å²) in [4.78, 5) is 72.8. The Hall–Kier alpha value is -6.70. The summed E-state index contributed by atoms with van der Waals surface area (Å²) in [5, 5.41) is 7.79. The Morgan fingerprint density at radius 3 is 1.90 bits per heavy atom. The molecule has 348 valence electrons. The number of alkyl carbamates (subject to hydrolysis) is 2. The second-order valence-corrected chi connectivity index (χ2v) is 19.5. The van der Waals surface area contributed by atoms with Crippen molar-refractivity contribution in [1.82, 2.24) is 40.4 Å². The maximum Gasteiger partial charge on any atom is 0.407 e. The van der Waals surface area contributed by atoms with Crippen LogP contribution in [-0.4, -0.2) is 93.1 Å². The van der Waals surface area contributed by atoms with Crippen molar-refractivity contribution in [2.24, 2.45) is 17.8 Å². The summed E-state index contributed by atoms with van der Waals surface area (Å²) in [5.41, 5.74) is 11.5. The predicted molar refractivity (Wildman–Crippen MR) is 257 cm³/mol. The van der Waals surface area contributed by atoms with Crippen LogP contribution in [0.15, 0.2) is 72.9 Å². The Kier molecular flexibility index (Phi) is 11.8. The highest BCUT2D eigenvalue weighted by Crippen LogP contribution is 2.57. The van der Waals surface area contributed by atoms with Crippen molar-refractivity contribution < 1.29 is 28.7 Å². The Labute approximate surface area is 390 Å². The number of likely N-dealkylation sites (tertiary alicyclic amines) is 2. The zero-order chi connectivity index (χ0) is 46.7. The fraction of sp³-hybridized carbons (Fsp3) is 0.434. The number of aromatic nitrogens is 4. The van der Waals surface area contributed by atoms with Crippen LogP contribution in [0.3, 0.4) is 0 Å². The molecule has 67 heavy (non-hydrogen) atoms. The molecule has 2 aliphatic carbocycles. The highest BCUT2D eigenvalue weighted by atomic mass is 16.5. The molecule has 14 heteroatoms. The third-order valence-electron chi connectivity index (χ3n) is 15.0. The van der Waals surface area contributed by atoms with Gasteiger partial charge in [-0.1, -0.05) is 82.3 Å². The van der Waals surface area contributed by atoms with E-state index in [2.05, 4.69) is 87.3 Å². The fourth-order valence-electron chi connectivity index (χ4n) is 11.4. The number of ether oxygens (including phenoxy) is 2. The van der Waals surface area contributed by atoms with Crippen LogP contribution in [0.2, 0.25) is 0 Å². The Balaban J connectivity index is 0.948.